The number of hydrogen-bond acceptors (Lipinski definition) is 2. The van der Waals surface area contributed by atoms with Crippen molar-refractivity contribution in [2.45, 2.75) is 51.7 Å². The Labute approximate surface area is 138 Å². The quantitative estimate of drug-likeness (QED) is 0.815. The molecule has 1 aliphatic heterocycles. The fourth-order valence-corrected chi connectivity index (χ4v) is 3.14. The molecule has 1 saturated heterocycles. The van der Waals surface area contributed by atoms with Crippen molar-refractivity contribution in [1.29, 1.82) is 0 Å². The molecule has 1 aromatic rings. The highest BCUT2D eigenvalue weighted by atomic mass is 32.1. The predicted molar refractivity (Wildman–Crippen MR) is 93.3 cm³/mol. The summed E-state index contributed by atoms with van der Waals surface area (Å²) in [4.78, 5) is 2.55. The summed E-state index contributed by atoms with van der Waals surface area (Å²) >= 11 is 5.31. The molecule has 22 heavy (non-hydrogen) atoms. The highest BCUT2D eigenvalue weighted by Crippen LogP contribution is 2.18. The zero-order valence-electron chi connectivity index (χ0n) is 13.4. The van der Waals surface area contributed by atoms with Gasteiger partial charge in [0.1, 0.15) is 5.82 Å². The molecule has 0 amide bonds. The van der Waals surface area contributed by atoms with Crippen molar-refractivity contribution in [3.8, 4) is 0 Å². The molecular formula is C17H26FN3S. The lowest BCUT2D eigenvalue weighted by atomic mass is 10.0. The largest absolute Gasteiger partial charge is 0.361 e. The van der Waals surface area contributed by atoms with Crippen LogP contribution in [0.15, 0.2) is 24.3 Å². The number of benzene rings is 1. The van der Waals surface area contributed by atoms with Gasteiger partial charge in [0.25, 0.3) is 0 Å². The number of likely N-dealkylation sites (tertiary alicyclic amines) is 1. The first-order chi connectivity index (χ1) is 10.6. The van der Waals surface area contributed by atoms with E-state index in [4.69, 9.17) is 12.2 Å². The third kappa shape index (κ3) is 5.21. The molecule has 2 atom stereocenters. The van der Waals surface area contributed by atoms with Crippen LogP contribution >= 0.6 is 12.2 Å². The number of nitrogens with one attached hydrogen (secondary N) is 2. The summed E-state index contributed by atoms with van der Waals surface area (Å²) < 4.78 is 12.8. The van der Waals surface area contributed by atoms with E-state index in [0.717, 1.165) is 12.1 Å². The average molecular weight is 323 g/mol. The Morgan fingerprint density at radius 2 is 2.05 bits per heavy atom. The molecule has 1 aliphatic rings. The van der Waals surface area contributed by atoms with Gasteiger partial charge < -0.3 is 10.6 Å². The molecule has 2 rings (SSSR count). The number of nitrogens with zero attached hydrogens (tertiary/aromatic N) is 1. The first kappa shape index (κ1) is 17.2. The van der Waals surface area contributed by atoms with Crippen LogP contribution in [0.4, 0.5) is 4.39 Å². The van der Waals surface area contributed by atoms with Crippen LogP contribution in [0.5, 0.6) is 0 Å². The molecule has 5 heteroatoms. The number of rotatable bonds is 5. The first-order valence-corrected chi connectivity index (χ1v) is 8.49. The van der Waals surface area contributed by atoms with Gasteiger partial charge >= 0.3 is 0 Å². The molecule has 0 aliphatic carbocycles. The highest BCUT2D eigenvalue weighted by molar-refractivity contribution is 7.80. The van der Waals surface area contributed by atoms with Gasteiger partial charge in [0, 0.05) is 25.2 Å². The monoisotopic (exact) mass is 323 g/mol. The summed E-state index contributed by atoms with van der Waals surface area (Å²) in [5.74, 6) is -0.214. The Morgan fingerprint density at radius 1 is 1.32 bits per heavy atom. The maximum Gasteiger partial charge on any atom is 0.166 e. The molecule has 0 saturated carbocycles. The average Bonchev–Trinajstić information content (AvgIpc) is 2.52. The smallest absolute Gasteiger partial charge is 0.166 e. The van der Waals surface area contributed by atoms with Gasteiger partial charge in [-0.2, -0.15) is 0 Å². The zero-order valence-corrected chi connectivity index (χ0v) is 14.3. The molecule has 0 unspecified atom stereocenters. The van der Waals surface area contributed by atoms with Crippen LogP contribution in [-0.4, -0.2) is 35.2 Å². The van der Waals surface area contributed by atoms with E-state index in [0.29, 0.717) is 23.7 Å². The van der Waals surface area contributed by atoms with Gasteiger partial charge in [-0.15, -0.1) is 0 Å². The van der Waals surface area contributed by atoms with Crippen molar-refractivity contribution < 1.29 is 4.39 Å². The Hall–Kier alpha value is -1.20. The van der Waals surface area contributed by atoms with E-state index < -0.39 is 0 Å². The molecule has 0 spiro atoms. The minimum atomic E-state index is -0.214. The second kappa shape index (κ2) is 8.44. The Morgan fingerprint density at radius 3 is 2.73 bits per heavy atom. The van der Waals surface area contributed by atoms with E-state index in [1.54, 1.807) is 12.1 Å². The summed E-state index contributed by atoms with van der Waals surface area (Å²) in [6, 6.07) is 7.60. The third-order valence-corrected chi connectivity index (χ3v) is 4.63. The molecule has 1 fully saturated rings. The second-order valence-corrected chi connectivity index (χ2v) is 6.53. The third-order valence-electron chi connectivity index (χ3n) is 4.34. The SMILES string of the molecule is C[C@H](CNC(=S)NCc1ccc(F)cc1)N1CCCC[C@@H]1C. The lowest BCUT2D eigenvalue weighted by Crippen LogP contribution is -2.49. The summed E-state index contributed by atoms with van der Waals surface area (Å²) in [6.45, 7) is 7.19. The van der Waals surface area contributed by atoms with Crippen LogP contribution in [-0.2, 0) is 6.54 Å². The summed E-state index contributed by atoms with van der Waals surface area (Å²) in [7, 11) is 0. The molecule has 122 valence electrons. The van der Waals surface area contributed by atoms with E-state index in [9.17, 15) is 4.39 Å². The molecule has 1 aromatic carbocycles. The van der Waals surface area contributed by atoms with E-state index in [1.807, 2.05) is 0 Å². The number of halogens is 1. The van der Waals surface area contributed by atoms with Crippen molar-refractivity contribution in [2.24, 2.45) is 0 Å². The van der Waals surface area contributed by atoms with Crippen molar-refractivity contribution >= 4 is 17.3 Å². The lowest BCUT2D eigenvalue weighted by molar-refractivity contribution is 0.116. The van der Waals surface area contributed by atoms with E-state index >= 15 is 0 Å². The lowest BCUT2D eigenvalue weighted by Gasteiger charge is -2.38. The number of hydrogen-bond donors (Lipinski definition) is 2. The first-order valence-electron chi connectivity index (χ1n) is 8.08. The fraction of sp³-hybridized carbons (Fsp3) is 0.588. The van der Waals surface area contributed by atoms with Crippen LogP contribution in [0.2, 0.25) is 0 Å². The Kier molecular flexibility index (Phi) is 6.58. The molecule has 3 nitrogen and oxygen atoms in total. The van der Waals surface area contributed by atoms with Gasteiger partial charge in [0.05, 0.1) is 0 Å². The van der Waals surface area contributed by atoms with Crippen molar-refractivity contribution in [2.75, 3.05) is 13.1 Å². The fourth-order valence-electron chi connectivity index (χ4n) is 2.98. The summed E-state index contributed by atoms with van der Waals surface area (Å²) in [5, 5.41) is 7.11. The minimum Gasteiger partial charge on any atom is -0.361 e. The Bertz CT molecular complexity index is 477. The van der Waals surface area contributed by atoms with Crippen LogP contribution in [0, 0.1) is 5.82 Å². The van der Waals surface area contributed by atoms with E-state index in [-0.39, 0.29) is 5.82 Å². The standard InChI is InChI=1S/C17H26FN3S/c1-13-5-3-4-10-21(13)14(2)11-19-17(22)20-12-15-6-8-16(18)9-7-15/h6-9,13-14H,3-5,10-12H2,1-2H3,(H2,19,20,22)/t13-,14+/m0/s1. The van der Waals surface area contributed by atoms with Crippen LogP contribution in [0.3, 0.4) is 0 Å². The van der Waals surface area contributed by atoms with Crippen LogP contribution in [0.25, 0.3) is 0 Å². The van der Waals surface area contributed by atoms with E-state index in [2.05, 4.69) is 29.4 Å². The Balaban J connectivity index is 1.69. The maximum absolute atomic E-state index is 12.8. The topological polar surface area (TPSA) is 27.3 Å². The molecular weight excluding hydrogens is 297 g/mol. The normalized spacial score (nSPS) is 20.4. The molecule has 0 aromatic heterocycles. The summed E-state index contributed by atoms with van der Waals surface area (Å²) in [5.41, 5.74) is 1.02. The van der Waals surface area contributed by atoms with Gasteiger partial charge in [0.15, 0.2) is 5.11 Å². The molecule has 0 radical (unpaired) electrons. The predicted octanol–water partition coefficient (Wildman–Crippen LogP) is 3.05. The number of piperidine rings is 1. The van der Waals surface area contributed by atoms with Crippen molar-refractivity contribution in [1.82, 2.24) is 15.5 Å². The van der Waals surface area contributed by atoms with Crippen molar-refractivity contribution in [3.05, 3.63) is 35.6 Å². The molecule has 2 N–H and O–H groups in total. The van der Waals surface area contributed by atoms with Crippen LogP contribution in [0.1, 0.15) is 38.7 Å². The zero-order chi connectivity index (χ0) is 15.9. The van der Waals surface area contributed by atoms with E-state index in [1.165, 1.54) is 37.9 Å². The highest BCUT2D eigenvalue weighted by Gasteiger charge is 2.22. The van der Waals surface area contributed by atoms with Gasteiger partial charge in [-0.1, -0.05) is 18.6 Å². The number of thiocarbonyl (C=S) groups is 1. The molecule has 0 bridgehead atoms. The summed E-state index contributed by atoms with van der Waals surface area (Å²) in [6.07, 6.45) is 3.93. The van der Waals surface area contributed by atoms with Crippen LogP contribution < -0.4 is 10.6 Å². The van der Waals surface area contributed by atoms with Gasteiger partial charge in [-0.05, 0) is 63.1 Å². The van der Waals surface area contributed by atoms with Gasteiger partial charge in [-0.25, -0.2) is 4.39 Å². The second-order valence-electron chi connectivity index (χ2n) is 6.12. The van der Waals surface area contributed by atoms with Gasteiger partial charge in [-0.3, -0.25) is 4.90 Å². The molecule has 1 heterocycles. The van der Waals surface area contributed by atoms with Gasteiger partial charge in [0.2, 0.25) is 0 Å². The minimum absolute atomic E-state index is 0.214. The maximum atomic E-state index is 12.8. The van der Waals surface area contributed by atoms with Crippen molar-refractivity contribution in [3.63, 3.8) is 0 Å².